The van der Waals surface area contributed by atoms with Gasteiger partial charge in [-0.05, 0) is 12.5 Å². The number of allylic oxidation sites excluding steroid dienone is 2. The van der Waals surface area contributed by atoms with Gasteiger partial charge in [0.1, 0.15) is 0 Å². The predicted molar refractivity (Wildman–Crippen MR) is 68.1 cm³/mol. The summed E-state index contributed by atoms with van der Waals surface area (Å²) in [6, 6.07) is 10.1. The van der Waals surface area contributed by atoms with Crippen molar-refractivity contribution in [1.29, 1.82) is 0 Å². The van der Waals surface area contributed by atoms with Gasteiger partial charge in [0, 0.05) is 17.1 Å². The van der Waals surface area contributed by atoms with Gasteiger partial charge in [-0.2, -0.15) is 0 Å². The van der Waals surface area contributed by atoms with E-state index < -0.39 is 0 Å². The quantitative estimate of drug-likeness (QED) is 0.395. The van der Waals surface area contributed by atoms with Gasteiger partial charge in [0.05, 0.1) is 6.61 Å². The van der Waals surface area contributed by atoms with Gasteiger partial charge in [-0.25, -0.2) is 0 Å². The van der Waals surface area contributed by atoms with Crippen LogP contribution in [0.4, 0.5) is 0 Å². The SMILES string of the molecule is CC(/C=C/c1ccccc1)=C\CO.[C-]#[O+].[C-]#[O+].[C-]#[O+].[Fe]. The Bertz CT molecular complexity index is 402. The molecule has 106 valence electrons. The van der Waals surface area contributed by atoms with Crippen LogP contribution in [0, 0.1) is 20.0 Å². The zero-order valence-electron chi connectivity index (χ0n) is 10.9. The fraction of sp³-hybridized carbons (Fsp3) is 0.133. The van der Waals surface area contributed by atoms with Crippen LogP contribution >= 0.6 is 0 Å². The molecule has 0 aliphatic rings. The minimum absolute atomic E-state index is 0. The zero-order valence-corrected chi connectivity index (χ0v) is 12.0. The summed E-state index contributed by atoms with van der Waals surface area (Å²) < 4.78 is 22.5. The molecule has 1 N–H and O–H groups in total. The number of rotatable bonds is 3. The average Bonchev–Trinajstić information content (AvgIpc) is 2.53. The van der Waals surface area contributed by atoms with Crippen LogP contribution in [-0.2, 0) is 31.0 Å². The fourth-order valence-corrected chi connectivity index (χ4v) is 1.00. The van der Waals surface area contributed by atoms with Crippen molar-refractivity contribution in [3.05, 3.63) is 73.6 Å². The van der Waals surface area contributed by atoms with Crippen LogP contribution in [0.15, 0.2) is 48.1 Å². The van der Waals surface area contributed by atoms with Gasteiger partial charge >= 0.3 is 33.9 Å². The first-order chi connectivity index (χ1) is 9.33. The normalized spacial score (nSPS) is 8.30. The van der Waals surface area contributed by atoms with Gasteiger partial charge in [0.15, 0.2) is 0 Å². The predicted octanol–water partition coefficient (Wildman–Crippen LogP) is 2.52. The standard InChI is InChI=1S/C12H14O.3CO.Fe/c1-11(9-10-13)7-8-12-5-3-2-4-6-12;3*1-2;/h2-9,13H,10H2,1H3;;;;/b8-7+,11-9+;;;;. The maximum absolute atomic E-state index is 8.62. The van der Waals surface area contributed by atoms with Crippen molar-refractivity contribution in [2.24, 2.45) is 0 Å². The summed E-state index contributed by atoms with van der Waals surface area (Å²) in [7, 11) is 0. The summed E-state index contributed by atoms with van der Waals surface area (Å²) in [5, 5.41) is 8.62. The molecule has 1 aromatic rings. The summed E-state index contributed by atoms with van der Waals surface area (Å²) in [6.07, 6.45) is 5.80. The first-order valence-corrected chi connectivity index (χ1v) is 4.95. The minimum Gasteiger partial charge on any atom is 0 e. The van der Waals surface area contributed by atoms with Gasteiger partial charge in [-0.3, -0.25) is 0 Å². The third-order valence-electron chi connectivity index (χ3n) is 1.75. The maximum atomic E-state index is 8.62. The summed E-state index contributed by atoms with van der Waals surface area (Å²) in [4.78, 5) is 0. The Balaban J connectivity index is -0.000000162. The molecule has 0 atom stereocenters. The van der Waals surface area contributed by atoms with E-state index in [1.165, 1.54) is 5.56 Å². The van der Waals surface area contributed by atoms with Crippen LogP contribution in [0.1, 0.15) is 12.5 Å². The Morgan fingerprint density at radius 2 is 1.50 bits per heavy atom. The van der Waals surface area contributed by atoms with E-state index in [1.807, 2.05) is 49.4 Å². The molecule has 1 rings (SSSR count). The summed E-state index contributed by atoms with van der Waals surface area (Å²) in [5.74, 6) is 0. The Morgan fingerprint density at radius 3 is 1.90 bits per heavy atom. The number of aliphatic hydroxyl groups excluding tert-OH is 1. The van der Waals surface area contributed by atoms with Gasteiger partial charge in [-0.1, -0.05) is 54.1 Å². The van der Waals surface area contributed by atoms with Crippen LogP contribution in [0.25, 0.3) is 6.08 Å². The van der Waals surface area contributed by atoms with E-state index in [1.54, 1.807) is 6.08 Å². The van der Waals surface area contributed by atoms with Gasteiger partial charge in [-0.15, -0.1) is 0 Å². The molecule has 0 saturated heterocycles. The molecule has 0 saturated carbocycles. The molecule has 0 unspecified atom stereocenters. The van der Waals surface area contributed by atoms with E-state index in [4.69, 9.17) is 19.1 Å². The Morgan fingerprint density at radius 1 is 1.05 bits per heavy atom. The van der Waals surface area contributed by atoms with Crippen LogP contribution in [0.2, 0.25) is 0 Å². The molecule has 0 bridgehead atoms. The van der Waals surface area contributed by atoms with Crippen molar-refractivity contribution < 1.29 is 36.1 Å². The molecule has 0 radical (unpaired) electrons. The van der Waals surface area contributed by atoms with E-state index in [0.717, 1.165) is 5.57 Å². The van der Waals surface area contributed by atoms with Crippen LogP contribution in [-0.4, -0.2) is 11.7 Å². The number of hydrogen-bond donors (Lipinski definition) is 1. The van der Waals surface area contributed by atoms with Crippen molar-refractivity contribution in [2.45, 2.75) is 6.92 Å². The van der Waals surface area contributed by atoms with Crippen molar-refractivity contribution in [3.63, 3.8) is 0 Å². The molecule has 0 aliphatic carbocycles. The molecule has 20 heavy (non-hydrogen) atoms. The number of benzene rings is 1. The summed E-state index contributed by atoms with van der Waals surface area (Å²) in [6.45, 7) is 15.6. The van der Waals surface area contributed by atoms with Gasteiger partial charge in [0.25, 0.3) is 0 Å². The van der Waals surface area contributed by atoms with E-state index >= 15 is 0 Å². The summed E-state index contributed by atoms with van der Waals surface area (Å²) >= 11 is 0. The second kappa shape index (κ2) is 26.1. The Labute approximate surface area is 129 Å². The smallest absolute Gasteiger partial charge is 0 e. The molecule has 0 heterocycles. The van der Waals surface area contributed by atoms with Crippen molar-refractivity contribution in [1.82, 2.24) is 0 Å². The maximum Gasteiger partial charge on any atom is 0 e. The fourth-order valence-electron chi connectivity index (χ4n) is 1.00. The van der Waals surface area contributed by atoms with E-state index in [0.29, 0.717) is 0 Å². The van der Waals surface area contributed by atoms with Gasteiger partial charge < -0.3 is 5.11 Å². The van der Waals surface area contributed by atoms with Crippen molar-refractivity contribution in [2.75, 3.05) is 6.61 Å². The van der Waals surface area contributed by atoms with Crippen molar-refractivity contribution >= 4 is 6.08 Å². The Kier molecular flexibility index (Phi) is 35.0. The number of aliphatic hydroxyl groups is 1. The monoisotopic (exact) mass is 314 g/mol. The number of hydrogen-bond acceptors (Lipinski definition) is 1. The molecule has 4 nitrogen and oxygen atoms in total. The first kappa shape index (κ1) is 26.9. The topological polar surface area (TPSA) is 79.9 Å². The molecular weight excluding hydrogens is 300 g/mol. The molecule has 0 spiro atoms. The van der Waals surface area contributed by atoms with Crippen LogP contribution < -0.4 is 0 Å². The second-order valence-corrected chi connectivity index (χ2v) is 2.87. The second-order valence-electron chi connectivity index (χ2n) is 2.87. The molecule has 0 aliphatic heterocycles. The molecular formula is C15H14FeO4. The molecule has 0 aromatic heterocycles. The van der Waals surface area contributed by atoms with Gasteiger partial charge in [0.2, 0.25) is 0 Å². The average molecular weight is 314 g/mol. The minimum atomic E-state index is 0. The molecule has 0 amide bonds. The molecule has 0 fully saturated rings. The Hall–Kier alpha value is -1.60. The first-order valence-electron chi connectivity index (χ1n) is 4.95. The zero-order chi connectivity index (χ0) is 15.5. The molecule has 1 aromatic carbocycles. The largest absolute Gasteiger partial charge is 0 e. The molecule has 5 heteroatoms. The van der Waals surface area contributed by atoms with E-state index in [-0.39, 0.29) is 23.7 Å². The van der Waals surface area contributed by atoms with Crippen LogP contribution in [0.3, 0.4) is 0 Å². The van der Waals surface area contributed by atoms with Crippen LogP contribution in [0.5, 0.6) is 0 Å². The van der Waals surface area contributed by atoms with E-state index in [9.17, 15) is 0 Å². The third-order valence-corrected chi connectivity index (χ3v) is 1.75. The third kappa shape index (κ3) is 18.8. The van der Waals surface area contributed by atoms with E-state index in [2.05, 4.69) is 20.0 Å². The summed E-state index contributed by atoms with van der Waals surface area (Å²) in [5.41, 5.74) is 2.25. The van der Waals surface area contributed by atoms with Crippen molar-refractivity contribution in [3.8, 4) is 0 Å².